The molecule has 4 rings (SSSR count). The second kappa shape index (κ2) is 8.11. The van der Waals surface area contributed by atoms with Crippen LogP contribution in [0.1, 0.15) is 28.3 Å². The van der Waals surface area contributed by atoms with Gasteiger partial charge in [-0.25, -0.2) is 0 Å². The average Bonchev–Trinajstić information content (AvgIpc) is 2.78. The van der Waals surface area contributed by atoms with Crippen LogP contribution in [0.3, 0.4) is 0 Å². The third-order valence-electron chi connectivity index (χ3n) is 5.55. The van der Waals surface area contributed by atoms with Gasteiger partial charge in [-0.05, 0) is 60.0 Å². The first kappa shape index (κ1) is 19.8. The van der Waals surface area contributed by atoms with Crippen LogP contribution in [0.5, 0.6) is 17.2 Å². The predicted octanol–water partition coefficient (Wildman–Crippen LogP) is 4.70. The van der Waals surface area contributed by atoms with Crippen LogP contribution in [0.15, 0.2) is 60.7 Å². The van der Waals surface area contributed by atoms with Crippen molar-refractivity contribution in [3.63, 3.8) is 0 Å². The quantitative estimate of drug-likeness (QED) is 0.620. The van der Waals surface area contributed by atoms with Gasteiger partial charge in [-0.15, -0.1) is 0 Å². The van der Waals surface area contributed by atoms with Crippen molar-refractivity contribution < 1.29 is 19.0 Å². The van der Waals surface area contributed by atoms with E-state index in [4.69, 9.17) is 14.2 Å². The molecule has 0 saturated heterocycles. The normalized spacial score (nSPS) is 15.5. The average molecular weight is 403 g/mol. The van der Waals surface area contributed by atoms with Gasteiger partial charge in [-0.1, -0.05) is 29.8 Å². The number of anilines is 1. The lowest BCUT2D eigenvalue weighted by atomic mass is 9.86. The highest BCUT2D eigenvalue weighted by Crippen LogP contribution is 2.43. The molecule has 0 N–H and O–H groups in total. The molecule has 0 fully saturated rings. The highest BCUT2D eigenvalue weighted by atomic mass is 16.5. The summed E-state index contributed by atoms with van der Waals surface area (Å²) in [7, 11) is 4.87. The Balaban J connectivity index is 1.92. The van der Waals surface area contributed by atoms with Crippen LogP contribution >= 0.6 is 0 Å². The van der Waals surface area contributed by atoms with Crippen LogP contribution in [0, 0.1) is 6.92 Å². The van der Waals surface area contributed by atoms with Crippen LogP contribution in [0.25, 0.3) is 0 Å². The van der Waals surface area contributed by atoms with Crippen LogP contribution < -0.4 is 19.1 Å². The van der Waals surface area contributed by atoms with E-state index in [2.05, 4.69) is 0 Å². The summed E-state index contributed by atoms with van der Waals surface area (Å²) in [5.74, 6) is 2.09. The minimum Gasteiger partial charge on any atom is -0.497 e. The van der Waals surface area contributed by atoms with E-state index in [0.29, 0.717) is 17.9 Å². The highest BCUT2D eigenvalue weighted by molar-refractivity contribution is 5.98. The van der Waals surface area contributed by atoms with Crippen molar-refractivity contribution in [2.45, 2.75) is 19.4 Å². The second-order valence-electron chi connectivity index (χ2n) is 7.36. The van der Waals surface area contributed by atoms with Gasteiger partial charge in [0.1, 0.15) is 5.75 Å². The first-order valence-electron chi connectivity index (χ1n) is 9.83. The second-order valence-corrected chi connectivity index (χ2v) is 7.36. The maximum Gasteiger partial charge on any atom is 0.232 e. The molecule has 0 aromatic heterocycles. The summed E-state index contributed by atoms with van der Waals surface area (Å²) in [5, 5.41) is 0. The molecule has 1 amide bonds. The van der Waals surface area contributed by atoms with Crippen molar-refractivity contribution in [1.82, 2.24) is 0 Å². The zero-order valence-electron chi connectivity index (χ0n) is 17.6. The Kier molecular flexibility index (Phi) is 5.36. The smallest absolute Gasteiger partial charge is 0.232 e. The Morgan fingerprint density at radius 1 is 0.833 bits per heavy atom. The van der Waals surface area contributed by atoms with E-state index in [0.717, 1.165) is 33.7 Å². The van der Waals surface area contributed by atoms with Crippen LogP contribution in [0.2, 0.25) is 0 Å². The monoisotopic (exact) mass is 403 g/mol. The molecule has 5 heteroatoms. The minimum atomic E-state index is -0.283. The third-order valence-corrected chi connectivity index (χ3v) is 5.55. The molecule has 0 aliphatic carbocycles. The molecule has 1 atom stereocenters. The molecule has 0 bridgehead atoms. The molecule has 0 radical (unpaired) electrons. The van der Waals surface area contributed by atoms with Crippen LogP contribution in [-0.2, 0) is 11.2 Å². The van der Waals surface area contributed by atoms with Crippen molar-refractivity contribution in [1.29, 1.82) is 0 Å². The van der Waals surface area contributed by atoms with Crippen molar-refractivity contribution in [2.24, 2.45) is 0 Å². The lowest BCUT2D eigenvalue weighted by Gasteiger charge is -2.38. The molecule has 3 aromatic carbocycles. The minimum absolute atomic E-state index is 0.0411. The van der Waals surface area contributed by atoms with Gasteiger partial charge in [-0.3, -0.25) is 4.79 Å². The number of rotatable bonds is 5. The van der Waals surface area contributed by atoms with E-state index in [1.165, 1.54) is 0 Å². The van der Waals surface area contributed by atoms with Gasteiger partial charge < -0.3 is 19.1 Å². The van der Waals surface area contributed by atoms with Gasteiger partial charge in [0, 0.05) is 5.69 Å². The third kappa shape index (κ3) is 3.47. The summed E-state index contributed by atoms with van der Waals surface area (Å²) in [6.45, 7) is 2.04. The Morgan fingerprint density at radius 2 is 1.47 bits per heavy atom. The summed E-state index contributed by atoms with van der Waals surface area (Å²) >= 11 is 0. The first-order valence-corrected chi connectivity index (χ1v) is 9.83. The van der Waals surface area contributed by atoms with E-state index < -0.39 is 0 Å². The van der Waals surface area contributed by atoms with Crippen LogP contribution in [0.4, 0.5) is 5.69 Å². The topological polar surface area (TPSA) is 48.0 Å². The fourth-order valence-electron chi connectivity index (χ4n) is 3.99. The van der Waals surface area contributed by atoms with Crippen LogP contribution in [-0.4, -0.2) is 27.2 Å². The van der Waals surface area contributed by atoms with E-state index in [-0.39, 0.29) is 11.9 Å². The molecule has 3 aromatic rings. The molecule has 30 heavy (non-hydrogen) atoms. The number of aryl methyl sites for hydroxylation is 1. The molecule has 1 aliphatic rings. The predicted molar refractivity (Wildman–Crippen MR) is 117 cm³/mol. The molecule has 1 aliphatic heterocycles. The maximum atomic E-state index is 13.3. The molecule has 0 spiro atoms. The number of nitrogens with zero attached hydrogens (tertiary/aromatic N) is 1. The zero-order chi connectivity index (χ0) is 21.3. The summed E-state index contributed by atoms with van der Waals surface area (Å²) in [6.07, 6.45) is 0.302. The van der Waals surface area contributed by atoms with Crippen molar-refractivity contribution >= 4 is 11.6 Å². The Bertz CT molecular complexity index is 1060. The number of fused-ring (bicyclic) bond motifs is 1. The Labute approximate surface area is 176 Å². The summed E-state index contributed by atoms with van der Waals surface area (Å²) in [6, 6.07) is 19.5. The number of benzene rings is 3. The molecular weight excluding hydrogens is 378 g/mol. The fourth-order valence-corrected chi connectivity index (χ4v) is 3.99. The number of methoxy groups -OCH3 is 3. The number of carbonyl (C=O) groups excluding carboxylic acids is 1. The van der Waals surface area contributed by atoms with Gasteiger partial charge in [0.05, 0.1) is 33.8 Å². The van der Waals surface area contributed by atoms with E-state index in [1.807, 2.05) is 72.5 Å². The highest BCUT2D eigenvalue weighted by Gasteiger charge is 2.35. The Hall–Kier alpha value is -3.47. The zero-order valence-corrected chi connectivity index (χ0v) is 17.6. The fraction of sp³-hybridized carbons (Fsp3) is 0.240. The van der Waals surface area contributed by atoms with Crippen molar-refractivity contribution in [3.05, 3.63) is 82.9 Å². The number of amides is 1. The molecule has 1 heterocycles. The standard InChI is InChI=1S/C25H25NO4/c1-16-5-9-19(10-6-16)26-24(27)14-18-13-22(29-3)23(30-4)15-21(18)25(26)17-7-11-20(28-2)12-8-17/h5-13,15,25H,14H2,1-4H3. The van der Waals surface area contributed by atoms with E-state index in [9.17, 15) is 4.79 Å². The van der Waals surface area contributed by atoms with Gasteiger partial charge in [-0.2, -0.15) is 0 Å². The van der Waals surface area contributed by atoms with E-state index in [1.54, 1.807) is 21.3 Å². The largest absolute Gasteiger partial charge is 0.497 e. The van der Waals surface area contributed by atoms with E-state index >= 15 is 0 Å². The lowest BCUT2D eigenvalue weighted by molar-refractivity contribution is -0.118. The van der Waals surface area contributed by atoms with Gasteiger partial charge in [0.2, 0.25) is 5.91 Å². The molecule has 1 unspecified atom stereocenters. The molecular formula is C25H25NO4. The van der Waals surface area contributed by atoms with Crippen molar-refractivity contribution in [2.75, 3.05) is 26.2 Å². The molecule has 154 valence electrons. The number of carbonyl (C=O) groups is 1. The number of ether oxygens (including phenoxy) is 3. The molecule has 0 saturated carbocycles. The summed E-state index contributed by atoms with van der Waals surface area (Å²) in [4.78, 5) is 15.2. The Morgan fingerprint density at radius 3 is 2.07 bits per heavy atom. The van der Waals surface area contributed by atoms with Gasteiger partial charge in [0.25, 0.3) is 0 Å². The SMILES string of the molecule is COc1ccc(C2c3cc(OC)c(OC)cc3CC(=O)N2c2ccc(C)cc2)cc1. The number of hydrogen-bond acceptors (Lipinski definition) is 4. The first-order chi connectivity index (χ1) is 14.5. The van der Waals surface area contributed by atoms with Gasteiger partial charge >= 0.3 is 0 Å². The van der Waals surface area contributed by atoms with Gasteiger partial charge in [0.15, 0.2) is 11.5 Å². The lowest BCUT2D eigenvalue weighted by Crippen LogP contribution is -2.41. The molecule has 5 nitrogen and oxygen atoms in total. The number of hydrogen-bond donors (Lipinski definition) is 0. The summed E-state index contributed by atoms with van der Waals surface area (Å²) in [5.41, 5.74) is 4.99. The van der Waals surface area contributed by atoms with Crippen molar-refractivity contribution in [3.8, 4) is 17.2 Å². The maximum absolute atomic E-state index is 13.3. The summed E-state index contributed by atoms with van der Waals surface area (Å²) < 4.78 is 16.3.